The lowest BCUT2D eigenvalue weighted by molar-refractivity contribution is 0.193. The van der Waals surface area contributed by atoms with E-state index >= 15 is 0 Å². The second kappa shape index (κ2) is 3.85. The van der Waals surface area contributed by atoms with Gasteiger partial charge in [-0.1, -0.05) is 0 Å². The molecule has 1 saturated heterocycles. The Labute approximate surface area is 76.7 Å². The Hall–Kier alpha value is -0.940. The van der Waals surface area contributed by atoms with Crippen molar-refractivity contribution in [1.29, 1.82) is 0 Å². The van der Waals surface area contributed by atoms with Crippen LogP contribution in [0, 0.1) is 0 Å². The Morgan fingerprint density at radius 1 is 1.62 bits per heavy atom. The van der Waals surface area contributed by atoms with Crippen molar-refractivity contribution in [2.24, 2.45) is 5.73 Å². The molecule has 0 bridgehead atoms. The highest BCUT2D eigenvalue weighted by Crippen LogP contribution is 2.21. The van der Waals surface area contributed by atoms with Crippen LogP contribution >= 0.6 is 0 Å². The van der Waals surface area contributed by atoms with Crippen molar-refractivity contribution in [2.45, 2.75) is 18.8 Å². The third kappa shape index (κ3) is 1.87. The van der Waals surface area contributed by atoms with Crippen molar-refractivity contribution < 1.29 is 4.74 Å². The van der Waals surface area contributed by atoms with Crippen molar-refractivity contribution in [3.63, 3.8) is 0 Å². The van der Waals surface area contributed by atoms with Crippen LogP contribution in [0.5, 0.6) is 0 Å². The second-order valence-corrected chi connectivity index (χ2v) is 3.24. The summed E-state index contributed by atoms with van der Waals surface area (Å²) in [4.78, 5) is 4.36. The molecule has 3 N–H and O–H groups in total. The monoisotopic (exact) mass is 182 g/mol. The first-order valence-electron chi connectivity index (χ1n) is 4.59. The van der Waals surface area contributed by atoms with Crippen molar-refractivity contribution >= 4 is 0 Å². The Kier molecular flexibility index (Phi) is 2.56. The van der Waals surface area contributed by atoms with Crippen molar-refractivity contribution in [3.05, 3.63) is 11.6 Å². The van der Waals surface area contributed by atoms with Gasteiger partial charge in [0.05, 0.1) is 6.61 Å². The summed E-state index contributed by atoms with van der Waals surface area (Å²) in [5.41, 5.74) is 5.41. The average molecular weight is 182 g/mol. The van der Waals surface area contributed by atoms with E-state index in [9.17, 15) is 0 Å². The molecule has 0 spiro atoms. The number of nitrogens with one attached hydrogen (secondary N) is 1. The number of rotatable bonds is 3. The third-order valence-corrected chi connectivity index (χ3v) is 2.22. The topological polar surface area (TPSA) is 76.8 Å². The molecule has 1 aliphatic heterocycles. The van der Waals surface area contributed by atoms with Crippen LogP contribution < -0.4 is 5.73 Å². The minimum absolute atomic E-state index is 0.378. The summed E-state index contributed by atoms with van der Waals surface area (Å²) < 4.78 is 5.26. The standard InChI is InChI=1S/C8H14N4O/c9-3-1-7-10-8(12-11-7)6-2-4-13-5-6/h6H,1-5,9H2,(H,10,11,12)/t6-/m1/s1. The molecule has 5 nitrogen and oxygen atoms in total. The van der Waals surface area contributed by atoms with E-state index in [4.69, 9.17) is 10.5 Å². The molecular weight excluding hydrogens is 168 g/mol. The summed E-state index contributed by atoms with van der Waals surface area (Å²) in [6, 6.07) is 0. The maximum Gasteiger partial charge on any atom is 0.156 e. The van der Waals surface area contributed by atoms with Gasteiger partial charge in [-0.3, -0.25) is 5.10 Å². The number of hydrogen-bond acceptors (Lipinski definition) is 4. The van der Waals surface area contributed by atoms with Gasteiger partial charge in [-0.2, -0.15) is 5.10 Å². The van der Waals surface area contributed by atoms with Crippen LogP contribution in [0.3, 0.4) is 0 Å². The molecule has 13 heavy (non-hydrogen) atoms. The van der Waals surface area contributed by atoms with Crippen LogP contribution in [-0.4, -0.2) is 34.9 Å². The van der Waals surface area contributed by atoms with Gasteiger partial charge in [0.2, 0.25) is 0 Å². The van der Waals surface area contributed by atoms with Gasteiger partial charge in [-0.05, 0) is 13.0 Å². The molecule has 1 aromatic heterocycles. The zero-order valence-corrected chi connectivity index (χ0v) is 7.49. The molecule has 0 amide bonds. The number of hydrogen-bond donors (Lipinski definition) is 2. The van der Waals surface area contributed by atoms with Gasteiger partial charge in [-0.25, -0.2) is 4.98 Å². The highest BCUT2D eigenvalue weighted by molar-refractivity contribution is 4.99. The number of nitrogens with two attached hydrogens (primary N) is 1. The van der Waals surface area contributed by atoms with E-state index in [-0.39, 0.29) is 0 Å². The van der Waals surface area contributed by atoms with E-state index in [0.717, 1.165) is 37.7 Å². The molecule has 1 aliphatic rings. The average Bonchev–Trinajstić information content (AvgIpc) is 2.70. The predicted molar refractivity (Wildman–Crippen MR) is 47.3 cm³/mol. The third-order valence-electron chi connectivity index (χ3n) is 2.22. The maximum absolute atomic E-state index is 5.41. The SMILES string of the molecule is NCCc1nc([C@@H]2CCOC2)n[nH]1. The summed E-state index contributed by atoms with van der Waals surface area (Å²) in [7, 11) is 0. The number of nitrogens with zero attached hydrogens (tertiary/aromatic N) is 2. The molecule has 1 aromatic rings. The van der Waals surface area contributed by atoms with Gasteiger partial charge >= 0.3 is 0 Å². The quantitative estimate of drug-likeness (QED) is 0.679. The number of aromatic nitrogens is 3. The van der Waals surface area contributed by atoms with E-state index in [1.807, 2.05) is 0 Å². The number of H-pyrrole nitrogens is 1. The molecule has 2 rings (SSSR count). The molecule has 1 atom stereocenters. The second-order valence-electron chi connectivity index (χ2n) is 3.24. The van der Waals surface area contributed by atoms with Crippen LogP contribution in [-0.2, 0) is 11.2 Å². The van der Waals surface area contributed by atoms with Crippen LogP contribution in [0.4, 0.5) is 0 Å². The summed E-state index contributed by atoms with van der Waals surface area (Å²) in [5.74, 6) is 2.13. The first-order valence-corrected chi connectivity index (χ1v) is 4.59. The fraction of sp³-hybridized carbons (Fsp3) is 0.750. The van der Waals surface area contributed by atoms with Crippen molar-refractivity contribution in [2.75, 3.05) is 19.8 Å². The fourth-order valence-corrected chi connectivity index (χ4v) is 1.48. The molecule has 0 aromatic carbocycles. The minimum Gasteiger partial charge on any atom is -0.381 e. The summed E-state index contributed by atoms with van der Waals surface area (Å²) in [6.07, 6.45) is 1.79. The minimum atomic E-state index is 0.378. The van der Waals surface area contributed by atoms with Gasteiger partial charge in [0.25, 0.3) is 0 Å². The van der Waals surface area contributed by atoms with E-state index < -0.39 is 0 Å². The Morgan fingerprint density at radius 2 is 2.54 bits per heavy atom. The lowest BCUT2D eigenvalue weighted by atomic mass is 10.1. The zero-order valence-electron chi connectivity index (χ0n) is 7.49. The summed E-state index contributed by atoms with van der Waals surface area (Å²) >= 11 is 0. The predicted octanol–water partition coefficient (Wildman–Crippen LogP) is -0.190. The normalized spacial score (nSPS) is 22.4. The Bertz CT molecular complexity index is 267. The Morgan fingerprint density at radius 3 is 3.23 bits per heavy atom. The fourth-order valence-electron chi connectivity index (χ4n) is 1.48. The lowest BCUT2D eigenvalue weighted by Gasteiger charge is -1.98. The first kappa shape index (κ1) is 8.65. The van der Waals surface area contributed by atoms with Crippen LogP contribution in [0.2, 0.25) is 0 Å². The van der Waals surface area contributed by atoms with Gasteiger partial charge in [-0.15, -0.1) is 0 Å². The molecule has 1 fully saturated rings. The maximum atomic E-state index is 5.41. The number of ether oxygens (including phenoxy) is 1. The molecule has 0 unspecified atom stereocenters. The molecular formula is C8H14N4O. The Balaban J connectivity index is 2.03. The van der Waals surface area contributed by atoms with Crippen LogP contribution in [0.1, 0.15) is 24.0 Å². The highest BCUT2D eigenvalue weighted by atomic mass is 16.5. The molecule has 0 aliphatic carbocycles. The highest BCUT2D eigenvalue weighted by Gasteiger charge is 2.21. The van der Waals surface area contributed by atoms with E-state index in [1.54, 1.807) is 0 Å². The molecule has 5 heteroatoms. The summed E-state index contributed by atoms with van der Waals surface area (Å²) in [5, 5.41) is 7.03. The molecule has 0 saturated carbocycles. The van der Waals surface area contributed by atoms with E-state index in [0.29, 0.717) is 12.5 Å². The summed E-state index contributed by atoms with van der Waals surface area (Å²) in [6.45, 7) is 2.18. The first-order chi connectivity index (χ1) is 6.40. The zero-order chi connectivity index (χ0) is 9.10. The van der Waals surface area contributed by atoms with E-state index in [2.05, 4.69) is 15.2 Å². The van der Waals surface area contributed by atoms with Crippen LogP contribution in [0.15, 0.2) is 0 Å². The van der Waals surface area contributed by atoms with Gasteiger partial charge in [0.15, 0.2) is 5.82 Å². The number of aromatic amines is 1. The largest absolute Gasteiger partial charge is 0.381 e. The van der Waals surface area contributed by atoms with Crippen molar-refractivity contribution in [3.8, 4) is 0 Å². The lowest BCUT2D eigenvalue weighted by Crippen LogP contribution is -2.04. The van der Waals surface area contributed by atoms with Crippen LogP contribution in [0.25, 0.3) is 0 Å². The van der Waals surface area contributed by atoms with Gasteiger partial charge in [0, 0.05) is 18.9 Å². The molecule has 72 valence electrons. The molecule has 0 radical (unpaired) electrons. The van der Waals surface area contributed by atoms with Gasteiger partial charge in [0.1, 0.15) is 5.82 Å². The molecule has 2 heterocycles. The smallest absolute Gasteiger partial charge is 0.156 e. The van der Waals surface area contributed by atoms with Crippen molar-refractivity contribution in [1.82, 2.24) is 15.2 Å². The van der Waals surface area contributed by atoms with Gasteiger partial charge < -0.3 is 10.5 Å². The van der Waals surface area contributed by atoms with E-state index in [1.165, 1.54) is 0 Å².